The molecule has 6 rings (SSSR count). The van der Waals surface area contributed by atoms with Crippen molar-refractivity contribution in [2.45, 2.75) is 43.4 Å². The van der Waals surface area contributed by atoms with E-state index in [-0.39, 0.29) is 29.3 Å². The summed E-state index contributed by atoms with van der Waals surface area (Å²) in [5.74, 6) is 1.67. The van der Waals surface area contributed by atoms with Crippen molar-refractivity contribution in [3.05, 3.63) is 118 Å². The number of hydrogen-bond acceptors (Lipinski definition) is 5. The van der Waals surface area contributed by atoms with E-state index in [1.165, 1.54) is 0 Å². The van der Waals surface area contributed by atoms with Gasteiger partial charge in [-0.3, -0.25) is 9.59 Å². The third-order valence-corrected chi connectivity index (χ3v) is 8.20. The van der Waals surface area contributed by atoms with Crippen LogP contribution < -0.4 is 14.8 Å². The average Bonchev–Trinajstić information content (AvgIpc) is 2.96. The van der Waals surface area contributed by atoms with Crippen LogP contribution in [0.25, 0.3) is 0 Å². The molecule has 3 aromatic carbocycles. The fourth-order valence-electron chi connectivity index (χ4n) is 6.30. The van der Waals surface area contributed by atoms with Crippen molar-refractivity contribution in [3.63, 3.8) is 0 Å². The Balaban J connectivity index is 1.38. The number of methoxy groups -OCH3 is 2. The SMILES string of the molecule is COc1ccc([C@H]2CC(=O)C3=C(C2)NC2=C(C(=O)C[C@H](c4ccc(OC)cc4)C2)C3c2ccccc2)cc1. The molecule has 38 heavy (non-hydrogen) atoms. The first-order chi connectivity index (χ1) is 18.6. The lowest BCUT2D eigenvalue weighted by molar-refractivity contribution is -0.117. The monoisotopic (exact) mass is 505 g/mol. The number of ketones is 2. The van der Waals surface area contributed by atoms with E-state index in [9.17, 15) is 9.59 Å². The highest BCUT2D eigenvalue weighted by molar-refractivity contribution is 6.07. The Morgan fingerprint density at radius 2 is 1.03 bits per heavy atom. The summed E-state index contributed by atoms with van der Waals surface area (Å²) in [4.78, 5) is 27.6. The number of nitrogens with one attached hydrogen (secondary N) is 1. The molecular weight excluding hydrogens is 474 g/mol. The maximum Gasteiger partial charge on any atom is 0.162 e. The number of ether oxygens (including phenoxy) is 2. The molecule has 0 fully saturated rings. The van der Waals surface area contributed by atoms with Crippen LogP contribution in [0.15, 0.2) is 101 Å². The van der Waals surface area contributed by atoms with Gasteiger partial charge in [0.05, 0.1) is 14.2 Å². The van der Waals surface area contributed by atoms with Crippen LogP contribution in [0.5, 0.6) is 11.5 Å². The second-order valence-corrected chi connectivity index (χ2v) is 10.4. The molecule has 1 N–H and O–H groups in total. The first-order valence-electron chi connectivity index (χ1n) is 13.2. The number of rotatable bonds is 5. The molecule has 1 heterocycles. The van der Waals surface area contributed by atoms with E-state index >= 15 is 0 Å². The van der Waals surface area contributed by atoms with Gasteiger partial charge in [-0.2, -0.15) is 0 Å². The number of hydrogen-bond donors (Lipinski definition) is 1. The van der Waals surface area contributed by atoms with Gasteiger partial charge in [0.25, 0.3) is 0 Å². The molecule has 3 aliphatic rings. The highest BCUT2D eigenvalue weighted by Gasteiger charge is 2.43. The third-order valence-electron chi connectivity index (χ3n) is 8.20. The zero-order valence-corrected chi connectivity index (χ0v) is 21.7. The molecule has 192 valence electrons. The smallest absolute Gasteiger partial charge is 0.162 e. The minimum absolute atomic E-state index is 0.0786. The predicted octanol–water partition coefficient (Wildman–Crippen LogP) is 6.19. The molecule has 0 aromatic heterocycles. The standard InChI is InChI=1S/C33H31NO4/c1-37-25-12-8-20(9-13-25)23-16-27-32(29(35)18-23)31(22-6-4-3-5-7-22)33-28(34-27)17-24(19-30(33)36)21-10-14-26(38-2)15-11-21/h3-15,23-24,31,34H,16-19H2,1-2H3/t23-,24-/m1/s1. The maximum atomic E-state index is 13.8. The lowest BCUT2D eigenvalue weighted by atomic mass is 9.67. The molecule has 5 nitrogen and oxygen atoms in total. The van der Waals surface area contributed by atoms with Crippen molar-refractivity contribution < 1.29 is 19.1 Å². The van der Waals surface area contributed by atoms with Crippen LogP contribution in [0.1, 0.15) is 60.1 Å². The lowest BCUT2D eigenvalue weighted by Crippen LogP contribution is -2.38. The molecule has 0 amide bonds. The highest BCUT2D eigenvalue weighted by atomic mass is 16.5. The number of benzene rings is 3. The molecule has 2 atom stereocenters. The summed E-state index contributed by atoms with van der Waals surface area (Å²) in [6, 6.07) is 26.0. The van der Waals surface area contributed by atoms with Gasteiger partial charge >= 0.3 is 0 Å². The molecule has 2 aliphatic carbocycles. The van der Waals surface area contributed by atoms with Crippen molar-refractivity contribution in [2.24, 2.45) is 0 Å². The third kappa shape index (κ3) is 4.32. The summed E-state index contributed by atoms with van der Waals surface area (Å²) in [5.41, 5.74) is 6.68. The second kappa shape index (κ2) is 9.97. The number of Topliss-reactive ketones (excluding diaryl/α,β-unsaturated/α-hetero) is 2. The molecule has 3 aromatic rings. The Morgan fingerprint density at radius 1 is 0.579 bits per heavy atom. The summed E-state index contributed by atoms with van der Waals surface area (Å²) in [6.07, 6.45) is 2.33. The van der Waals surface area contributed by atoms with Gasteiger partial charge in [0, 0.05) is 41.3 Å². The van der Waals surface area contributed by atoms with E-state index in [2.05, 4.69) is 5.32 Å². The largest absolute Gasteiger partial charge is 0.497 e. The number of allylic oxidation sites excluding steroid dienone is 4. The van der Waals surface area contributed by atoms with Gasteiger partial charge in [0.2, 0.25) is 0 Å². The van der Waals surface area contributed by atoms with Crippen molar-refractivity contribution in [1.29, 1.82) is 0 Å². The van der Waals surface area contributed by atoms with Gasteiger partial charge in [-0.25, -0.2) is 0 Å². The van der Waals surface area contributed by atoms with E-state index in [4.69, 9.17) is 9.47 Å². The number of dihydropyridines is 1. The summed E-state index contributed by atoms with van der Waals surface area (Å²) in [5, 5.41) is 3.63. The van der Waals surface area contributed by atoms with Crippen LogP contribution in [-0.2, 0) is 9.59 Å². The number of carbonyl (C=O) groups is 2. The van der Waals surface area contributed by atoms with E-state index in [1.54, 1.807) is 14.2 Å². The summed E-state index contributed by atoms with van der Waals surface area (Å²) in [7, 11) is 3.31. The van der Waals surface area contributed by atoms with Crippen molar-refractivity contribution in [3.8, 4) is 11.5 Å². The second-order valence-electron chi connectivity index (χ2n) is 10.4. The Bertz CT molecular complexity index is 1340. The lowest BCUT2D eigenvalue weighted by Gasteiger charge is -2.40. The zero-order valence-electron chi connectivity index (χ0n) is 21.7. The molecule has 0 saturated heterocycles. The minimum atomic E-state index is -0.323. The average molecular weight is 506 g/mol. The van der Waals surface area contributed by atoms with Crippen LogP contribution in [0.3, 0.4) is 0 Å². The van der Waals surface area contributed by atoms with E-state index in [0.717, 1.165) is 63.6 Å². The maximum absolute atomic E-state index is 13.8. The van der Waals surface area contributed by atoms with Gasteiger partial charge in [0.15, 0.2) is 11.6 Å². The molecule has 0 bridgehead atoms. The van der Waals surface area contributed by atoms with Crippen molar-refractivity contribution in [2.75, 3.05) is 14.2 Å². The fourth-order valence-corrected chi connectivity index (χ4v) is 6.30. The molecule has 0 spiro atoms. The van der Waals surface area contributed by atoms with E-state index in [0.29, 0.717) is 12.8 Å². The molecular formula is C33H31NO4. The first-order valence-corrected chi connectivity index (χ1v) is 13.2. The quantitative estimate of drug-likeness (QED) is 0.448. The summed E-state index contributed by atoms with van der Waals surface area (Å²) in [6.45, 7) is 0. The Kier molecular flexibility index (Phi) is 6.36. The van der Waals surface area contributed by atoms with E-state index in [1.807, 2.05) is 78.9 Å². The van der Waals surface area contributed by atoms with Gasteiger partial charge in [-0.05, 0) is 65.6 Å². The van der Waals surface area contributed by atoms with Crippen LogP contribution in [0.2, 0.25) is 0 Å². The van der Waals surface area contributed by atoms with Gasteiger partial charge < -0.3 is 14.8 Å². The zero-order chi connectivity index (χ0) is 26.2. The number of carbonyl (C=O) groups excluding carboxylic acids is 2. The molecule has 0 radical (unpaired) electrons. The summed E-state index contributed by atoms with van der Waals surface area (Å²) >= 11 is 0. The Labute approximate surface area is 223 Å². The van der Waals surface area contributed by atoms with Crippen LogP contribution in [-0.4, -0.2) is 25.8 Å². The predicted molar refractivity (Wildman–Crippen MR) is 146 cm³/mol. The fraction of sp³-hybridized carbons (Fsp3) is 0.273. The Morgan fingerprint density at radius 3 is 1.45 bits per heavy atom. The van der Waals surface area contributed by atoms with Crippen molar-refractivity contribution in [1.82, 2.24) is 5.32 Å². The highest BCUT2D eigenvalue weighted by Crippen LogP contribution is 2.49. The van der Waals surface area contributed by atoms with Crippen molar-refractivity contribution >= 4 is 11.6 Å². The molecule has 0 saturated carbocycles. The van der Waals surface area contributed by atoms with Crippen LogP contribution >= 0.6 is 0 Å². The van der Waals surface area contributed by atoms with Crippen LogP contribution in [0, 0.1) is 0 Å². The van der Waals surface area contributed by atoms with Gasteiger partial charge in [0.1, 0.15) is 11.5 Å². The molecule has 1 aliphatic heterocycles. The Hall–Kier alpha value is -4.12. The molecule has 0 unspecified atom stereocenters. The first kappa shape index (κ1) is 24.2. The normalized spacial score (nSPS) is 21.5. The van der Waals surface area contributed by atoms with E-state index < -0.39 is 0 Å². The summed E-state index contributed by atoms with van der Waals surface area (Å²) < 4.78 is 10.6. The van der Waals surface area contributed by atoms with Crippen LogP contribution in [0.4, 0.5) is 0 Å². The van der Waals surface area contributed by atoms with Gasteiger partial charge in [-0.15, -0.1) is 0 Å². The minimum Gasteiger partial charge on any atom is -0.497 e. The van der Waals surface area contributed by atoms with Gasteiger partial charge in [-0.1, -0.05) is 54.6 Å². The molecule has 5 heteroatoms. The topological polar surface area (TPSA) is 64.6 Å².